The van der Waals surface area contributed by atoms with Crippen molar-refractivity contribution in [3.05, 3.63) is 0 Å². The molecule has 0 bridgehead atoms. The minimum Gasteiger partial charge on any atom is -0.241 e. The second kappa shape index (κ2) is 2.34. The van der Waals surface area contributed by atoms with Gasteiger partial charge < -0.3 is 0 Å². The number of halogens is 5. The van der Waals surface area contributed by atoms with E-state index in [1.54, 1.807) is 0 Å². The van der Waals surface area contributed by atoms with Crippen LogP contribution < -0.4 is 5.73 Å². The third kappa shape index (κ3) is 1.56. The first-order chi connectivity index (χ1) is 4.19. The van der Waals surface area contributed by atoms with Gasteiger partial charge in [0.15, 0.2) is 6.17 Å². The lowest BCUT2D eigenvalue weighted by Crippen LogP contribution is -2.47. The minimum absolute atomic E-state index is 0.280. The van der Waals surface area contributed by atoms with Crippen molar-refractivity contribution in [2.45, 2.75) is 25.1 Å². The molecule has 0 amide bonds. The van der Waals surface area contributed by atoms with E-state index in [-0.39, 0.29) is 6.92 Å². The van der Waals surface area contributed by atoms with Gasteiger partial charge in [-0.05, 0) is 6.92 Å². The van der Waals surface area contributed by atoms with Crippen molar-refractivity contribution in [1.29, 1.82) is 0 Å². The van der Waals surface area contributed by atoms with Crippen LogP contribution in [0.25, 0.3) is 0 Å². The highest BCUT2D eigenvalue weighted by Gasteiger charge is 2.58. The van der Waals surface area contributed by atoms with Gasteiger partial charge in [0.1, 0.15) is 0 Å². The summed E-state index contributed by atoms with van der Waals surface area (Å²) in [5, 5.41) is 0. The largest absolute Gasteiger partial charge is 0.380 e. The topological polar surface area (TPSA) is 23.8 Å². The second-order valence-corrected chi connectivity index (χ2v) is 1.81. The summed E-state index contributed by atoms with van der Waals surface area (Å²) < 4.78 is 58.0. The summed E-state index contributed by atoms with van der Waals surface area (Å²) in [5.74, 6) is -4.90. The molecule has 0 rings (SSSR count). The predicted molar refractivity (Wildman–Crippen MR) is 23.6 cm³/mol. The molecule has 0 fully saturated rings. The zero-order chi connectivity index (χ0) is 8.58. The summed E-state index contributed by atoms with van der Waals surface area (Å²) in [6, 6.07) is -5.04. The molecule has 0 aromatic rings. The molecule has 1 radical (unpaired) electrons. The van der Waals surface area contributed by atoms with E-state index in [4.69, 9.17) is 5.73 Å². The molecule has 0 aliphatic heterocycles. The third-order valence-electron chi connectivity index (χ3n) is 0.918. The van der Waals surface area contributed by atoms with Crippen LogP contribution in [0.1, 0.15) is 6.92 Å². The summed E-state index contributed by atoms with van der Waals surface area (Å²) in [6.45, 7) is 0.280. The van der Waals surface area contributed by atoms with E-state index in [0.29, 0.717) is 0 Å². The maximum absolute atomic E-state index is 11.7. The Morgan fingerprint density at radius 3 is 1.50 bits per heavy atom. The summed E-state index contributed by atoms with van der Waals surface area (Å²) in [4.78, 5) is 0. The van der Waals surface area contributed by atoms with Crippen molar-refractivity contribution in [2.75, 3.05) is 0 Å². The Kier molecular flexibility index (Phi) is 2.24. The number of alkyl halides is 5. The Morgan fingerprint density at radius 1 is 1.20 bits per heavy atom. The number of hydrogen-bond acceptors (Lipinski definition) is 0. The molecular weight excluding hydrogens is 157 g/mol. The van der Waals surface area contributed by atoms with Crippen LogP contribution in [0.5, 0.6) is 0 Å². The van der Waals surface area contributed by atoms with E-state index < -0.39 is 18.1 Å². The van der Waals surface area contributed by atoms with Gasteiger partial charge in [0.25, 0.3) is 0 Å². The molecule has 10 heavy (non-hydrogen) atoms. The van der Waals surface area contributed by atoms with E-state index >= 15 is 0 Å². The van der Waals surface area contributed by atoms with Gasteiger partial charge in [-0.1, -0.05) is 0 Å². The van der Waals surface area contributed by atoms with E-state index in [0.717, 1.165) is 0 Å². The van der Waals surface area contributed by atoms with Crippen LogP contribution in [0.2, 0.25) is 0 Å². The third-order valence-corrected chi connectivity index (χ3v) is 0.918. The van der Waals surface area contributed by atoms with Gasteiger partial charge >= 0.3 is 12.0 Å². The Bertz CT molecular complexity index is 115. The van der Waals surface area contributed by atoms with Crippen molar-refractivity contribution in [3.8, 4) is 0 Å². The van der Waals surface area contributed by atoms with E-state index in [1.807, 2.05) is 0 Å². The Balaban J connectivity index is 4.40. The van der Waals surface area contributed by atoms with E-state index in [9.17, 15) is 22.0 Å². The quantitative estimate of drug-likeness (QED) is 0.437. The maximum Gasteiger partial charge on any atom is 0.380 e. The Hall–Kier alpha value is -0.390. The zero-order valence-electron chi connectivity index (χ0n) is 4.97. The first-order valence-electron chi connectivity index (χ1n) is 2.34. The van der Waals surface area contributed by atoms with Crippen molar-refractivity contribution in [2.24, 2.45) is 0 Å². The smallest absolute Gasteiger partial charge is 0.241 e. The van der Waals surface area contributed by atoms with Crippen LogP contribution in [-0.4, -0.2) is 18.1 Å². The standard InChI is InChI=1S/C4H5F5N/c1-2(5)3(6,7)4(8,9)10/h2,10H,1H3. The average molecular weight is 162 g/mol. The second-order valence-electron chi connectivity index (χ2n) is 1.81. The molecule has 6 heteroatoms. The fourth-order valence-electron chi connectivity index (χ4n) is 0.250. The molecule has 1 nitrogen and oxygen atoms in total. The van der Waals surface area contributed by atoms with Gasteiger partial charge in [0, 0.05) is 0 Å². The van der Waals surface area contributed by atoms with Gasteiger partial charge in [0.05, 0.1) is 0 Å². The first-order valence-corrected chi connectivity index (χ1v) is 2.34. The number of nitrogens with one attached hydrogen (secondary N) is 1. The van der Waals surface area contributed by atoms with Crippen molar-refractivity contribution in [3.63, 3.8) is 0 Å². The molecule has 0 aromatic carbocycles. The van der Waals surface area contributed by atoms with Crippen molar-refractivity contribution < 1.29 is 22.0 Å². The highest BCUT2D eigenvalue weighted by molar-refractivity contribution is 4.83. The average Bonchev–Trinajstić information content (AvgIpc) is 1.62. The summed E-state index contributed by atoms with van der Waals surface area (Å²) in [7, 11) is 0. The van der Waals surface area contributed by atoms with Crippen LogP contribution in [0.3, 0.4) is 0 Å². The lowest BCUT2D eigenvalue weighted by molar-refractivity contribution is -0.236. The minimum atomic E-state index is -5.04. The number of rotatable bonds is 2. The maximum atomic E-state index is 11.7. The Labute approximate surface area is 54.0 Å². The lowest BCUT2D eigenvalue weighted by Gasteiger charge is -2.22. The molecule has 0 saturated heterocycles. The summed E-state index contributed by atoms with van der Waals surface area (Å²) >= 11 is 0. The van der Waals surface area contributed by atoms with Crippen LogP contribution in [0.4, 0.5) is 22.0 Å². The van der Waals surface area contributed by atoms with Crippen LogP contribution in [-0.2, 0) is 0 Å². The molecule has 1 atom stereocenters. The van der Waals surface area contributed by atoms with Crippen LogP contribution in [0.15, 0.2) is 0 Å². The molecule has 0 aromatic heterocycles. The van der Waals surface area contributed by atoms with E-state index in [2.05, 4.69) is 0 Å². The summed E-state index contributed by atoms with van der Waals surface area (Å²) in [6.07, 6.45) is -3.01. The molecule has 0 heterocycles. The lowest BCUT2D eigenvalue weighted by atomic mass is 10.2. The van der Waals surface area contributed by atoms with Gasteiger partial charge in [-0.15, -0.1) is 0 Å². The van der Waals surface area contributed by atoms with E-state index in [1.165, 1.54) is 0 Å². The van der Waals surface area contributed by atoms with Crippen LogP contribution >= 0.6 is 0 Å². The molecule has 0 aliphatic carbocycles. The molecule has 0 spiro atoms. The summed E-state index contributed by atoms with van der Waals surface area (Å²) in [5.41, 5.74) is 5.54. The fraction of sp³-hybridized carbons (Fsp3) is 1.00. The van der Waals surface area contributed by atoms with Gasteiger partial charge in [-0.3, -0.25) is 0 Å². The molecule has 61 valence electrons. The van der Waals surface area contributed by atoms with Crippen LogP contribution in [0, 0.1) is 0 Å². The Morgan fingerprint density at radius 2 is 1.50 bits per heavy atom. The van der Waals surface area contributed by atoms with Crippen molar-refractivity contribution >= 4 is 0 Å². The molecular formula is C4H5F5N. The first kappa shape index (κ1) is 9.61. The van der Waals surface area contributed by atoms with Gasteiger partial charge in [0.2, 0.25) is 0 Å². The monoisotopic (exact) mass is 162 g/mol. The fourth-order valence-corrected chi connectivity index (χ4v) is 0.250. The molecule has 0 saturated carbocycles. The van der Waals surface area contributed by atoms with Gasteiger partial charge in [-0.25, -0.2) is 4.39 Å². The van der Waals surface area contributed by atoms with Gasteiger partial charge in [-0.2, -0.15) is 23.3 Å². The molecule has 1 unspecified atom stereocenters. The number of hydrogen-bond donors (Lipinski definition) is 0. The molecule has 1 N–H and O–H groups in total. The SMILES string of the molecule is CC(F)C(F)(F)C([NH])(F)F. The zero-order valence-corrected chi connectivity index (χ0v) is 4.97. The normalized spacial score (nSPS) is 17.1. The predicted octanol–water partition coefficient (Wildman–Crippen LogP) is 1.86. The highest BCUT2D eigenvalue weighted by atomic mass is 19.3. The van der Waals surface area contributed by atoms with Crippen molar-refractivity contribution in [1.82, 2.24) is 5.73 Å². The highest BCUT2D eigenvalue weighted by Crippen LogP contribution is 2.35. The molecule has 0 aliphatic rings.